The van der Waals surface area contributed by atoms with E-state index in [1.807, 2.05) is 0 Å². The van der Waals surface area contributed by atoms with Crippen LogP contribution in [0.3, 0.4) is 0 Å². The van der Waals surface area contributed by atoms with Crippen molar-refractivity contribution in [3.8, 4) is 11.5 Å². The van der Waals surface area contributed by atoms with Crippen molar-refractivity contribution < 1.29 is 28.3 Å². The molecule has 0 aliphatic heterocycles. The van der Waals surface area contributed by atoms with Gasteiger partial charge in [0.2, 0.25) is 5.91 Å². The zero-order valence-corrected chi connectivity index (χ0v) is 17.3. The zero-order valence-electron chi connectivity index (χ0n) is 17.3. The molecule has 1 aromatic heterocycles. The molecule has 0 saturated carbocycles. The molecule has 152 valence electrons. The molecule has 1 heterocycles. The molecular formula is C20H26N2O6. The van der Waals surface area contributed by atoms with Crippen molar-refractivity contribution >= 4 is 17.6 Å². The molecule has 0 radical (unpaired) electrons. The lowest BCUT2D eigenvalue weighted by molar-refractivity contribution is -0.123. The third-order valence-electron chi connectivity index (χ3n) is 4.20. The smallest absolute Gasteiger partial charge is 0.340 e. The predicted molar refractivity (Wildman–Crippen MR) is 103 cm³/mol. The van der Waals surface area contributed by atoms with Crippen molar-refractivity contribution in [3.63, 3.8) is 0 Å². The van der Waals surface area contributed by atoms with Gasteiger partial charge in [0, 0.05) is 17.5 Å². The minimum Gasteiger partial charge on any atom is -0.493 e. The summed E-state index contributed by atoms with van der Waals surface area (Å²) in [5.41, 5.74) is 1.14. The molecule has 8 nitrogen and oxygen atoms in total. The number of esters is 1. The number of nitrogens with one attached hydrogen (secondary N) is 1. The first-order chi connectivity index (χ1) is 13.1. The van der Waals surface area contributed by atoms with Crippen LogP contribution in [0.15, 0.2) is 16.7 Å². The van der Waals surface area contributed by atoms with Gasteiger partial charge in [0.25, 0.3) is 0 Å². The number of ether oxygens (including phenoxy) is 3. The van der Waals surface area contributed by atoms with Crippen LogP contribution in [0, 0.1) is 19.3 Å². The van der Waals surface area contributed by atoms with E-state index in [9.17, 15) is 9.59 Å². The van der Waals surface area contributed by atoms with Gasteiger partial charge in [-0.1, -0.05) is 25.9 Å². The Bertz CT molecular complexity index is 860. The Morgan fingerprint density at radius 1 is 1.11 bits per heavy atom. The number of aryl methyl sites for hydroxylation is 2. The first-order valence-corrected chi connectivity index (χ1v) is 8.74. The highest BCUT2D eigenvalue weighted by Gasteiger charge is 2.25. The summed E-state index contributed by atoms with van der Waals surface area (Å²) in [4.78, 5) is 25.2. The maximum absolute atomic E-state index is 12.8. The molecule has 1 amide bonds. The second-order valence-electron chi connectivity index (χ2n) is 7.34. The average molecular weight is 390 g/mol. The van der Waals surface area contributed by atoms with Gasteiger partial charge in [-0.25, -0.2) is 4.79 Å². The van der Waals surface area contributed by atoms with Crippen LogP contribution >= 0.6 is 0 Å². The highest BCUT2D eigenvalue weighted by atomic mass is 16.5. The van der Waals surface area contributed by atoms with E-state index in [0.29, 0.717) is 28.5 Å². The Morgan fingerprint density at radius 3 is 2.21 bits per heavy atom. The number of nitrogens with zero attached hydrogens (tertiary/aromatic N) is 1. The van der Waals surface area contributed by atoms with Gasteiger partial charge in [0.05, 0.1) is 36.7 Å². The SMILES string of the molecule is COc1cc(NC(=O)C(C)(C)C)c(C(=O)OCc2c(C)noc2C)cc1OC. The van der Waals surface area contributed by atoms with Gasteiger partial charge in [-0.05, 0) is 13.8 Å². The molecule has 0 atom stereocenters. The van der Waals surface area contributed by atoms with Gasteiger partial charge in [-0.3, -0.25) is 4.79 Å². The van der Waals surface area contributed by atoms with E-state index in [0.717, 1.165) is 0 Å². The molecule has 28 heavy (non-hydrogen) atoms. The van der Waals surface area contributed by atoms with E-state index < -0.39 is 11.4 Å². The molecular weight excluding hydrogens is 364 g/mol. The van der Waals surface area contributed by atoms with E-state index in [-0.39, 0.29) is 23.8 Å². The quantitative estimate of drug-likeness (QED) is 0.752. The summed E-state index contributed by atoms with van der Waals surface area (Å²) < 4.78 is 21.1. The van der Waals surface area contributed by atoms with Crippen molar-refractivity contribution in [2.45, 2.75) is 41.2 Å². The van der Waals surface area contributed by atoms with Crippen LogP contribution in [0.5, 0.6) is 11.5 Å². The Balaban J connectivity index is 2.36. The molecule has 0 saturated heterocycles. The molecule has 2 aromatic rings. The fourth-order valence-electron chi connectivity index (χ4n) is 2.38. The Hall–Kier alpha value is -3.03. The largest absolute Gasteiger partial charge is 0.493 e. The lowest BCUT2D eigenvalue weighted by Gasteiger charge is -2.20. The van der Waals surface area contributed by atoms with Gasteiger partial charge in [0.15, 0.2) is 11.5 Å². The minimum absolute atomic E-state index is 0.000994. The number of amides is 1. The minimum atomic E-state index is -0.648. The van der Waals surface area contributed by atoms with Gasteiger partial charge in [0.1, 0.15) is 12.4 Å². The lowest BCUT2D eigenvalue weighted by Crippen LogP contribution is -2.28. The van der Waals surface area contributed by atoms with Crippen molar-refractivity contribution in [3.05, 3.63) is 34.7 Å². The first kappa shape index (κ1) is 21.3. The molecule has 0 unspecified atom stereocenters. The summed E-state index contributed by atoms with van der Waals surface area (Å²) in [6.07, 6.45) is 0. The van der Waals surface area contributed by atoms with Crippen molar-refractivity contribution in [2.75, 3.05) is 19.5 Å². The topological polar surface area (TPSA) is 99.9 Å². The van der Waals surface area contributed by atoms with Crippen molar-refractivity contribution in [1.82, 2.24) is 5.16 Å². The van der Waals surface area contributed by atoms with Crippen LogP contribution in [-0.2, 0) is 16.1 Å². The number of anilines is 1. The van der Waals surface area contributed by atoms with Gasteiger partial charge in [-0.15, -0.1) is 0 Å². The summed E-state index contributed by atoms with van der Waals surface area (Å²) in [6.45, 7) is 8.84. The molecule has 0 aliphatic carbocycles. The molecule has 0 aliphatic rings. The maximum atomic E-state index is 12.8. The third-order valence-corrected chi connectivity index (χ3v) is 4.20. The number of rotatable bonds is 6. The number of aromatic nitrogens is 1. The molecule has 1 aromatic carbocycles. The second-order valence-corrected chi connectivity index (χ2v) is 7.34. The number of hydrogen-bond acceptors (Lipinski definition) is 7. The summed E-state index contributed by atoms with van der Waals surface area (Å²) in [5, 5.41) is 6.61. The fourth-order valence-corrected chi connectivity index (χ4v) is 2.38. The van der Waals surface area contributed by atoms with Crippen LogP contribution in [0.4, 0.5) is 5.69 Å². The molecule has 1 N–H and O–H groups in total. The predicted octanol–water partition coefficient (Wildman–Crippen LogP) is 3.65. The molecule has 2 rings (SSSR count). The zero-order chi connectivity index (χ0) is 21.1. The highest BCUT2D eigenvalue weighted by Crippen LogP contribution is 2.34. The van der Waals surface area contributed by atoms with Gasteiger partial charge < -0.3 is 24.1 Å². The highest BCUT2D eigenvalue weighted by molar-refractivity contribution is 6.03. The van der Waals surface area contributed by atoms with E-state index in [1.54, 1.807) is 34.6 Å². The van der Waals surface area contributed by atoms with Gasteiger partial charge >= 0.3 is 5.97 Å². The van der Waals surface area contributed by atoms with E-state index in [4.69, 9.17) is 18.7 Å². The van der Waals surface area contributed by atoms with Crippen LogP contribution in [0.2, 0.25) is 0 Å². The second kappa shape index (κ2) is 8.33. The summed E-state index contributed by atoms with van der Waals surface area (Å²) in [5.74, 6) is 0.443. The molecule has 0 spiro atoms. The molecule has 0 bridgehead atoms. The number of methoxy groups -OCH3 is 2. The number of benzene rings is 1. The van der Waals surface area contributed by atoms with Crippen LogP contribution in [0.1, 0.15) is 48.1 Å². The third kappa shape index (κ3) is 4.62. The van der Waals surface area contributed by atoms with E-state index >= 15 is 0 Å². The number of carbonyl (C=O) groups excluding carboxylic acids is 2. The Kier molecular flexibility index (Phi) is 6.33. The van der Waals surface area contributed by atoms with E-state index in [2.05, 4.69) is 10.5 Å². The Labute approximate surface area is 164 Å². The summed E-state index contributed by atoms with van der Waals surface area (Å²) >= 11 is 0. The monoisotopic (exact) mass is 390 g/mol. The van der Waals surface area contributed by atoms with Crippen LogP contribution in [-0.4, -0.2) is 31.3 Å². The lowest BCUT2D eigenvalue weighted by atomic mass is 9.95. The van der Waals surface area contributed by atoms with E-state index in [1.165, 1.54) is 26.4 Å². The molecule has 8 heteroatoms. The van der Waals surface area contributed by atoms with Crippen molar-refractivity contribution in [2.24, 2.45) is 5.41 Å². The average Bonchev–Trinajstić information content (AvgIpc) is 2.96. The Morgan fingerprint density at radius 2 is 1.71 bits per heavy atom. The number of hydrogen-bond donors (Lipinski definition) is 1. The standard InChI is InChI=1S/C20H26N2O6/c1-11-14(12(2)28-22-11)10-27-18(23)13-8-16(25-6)17(26-7)9-15(13)21-19(24)20(3,4)5/h8-9H,10H2,1-7H3,(H,21,24). The summed E-state index contributed by atoms with van der Waals surface area (Å²) in [6, 6.07) is 3.02. The fraction of sp³-hybridized carbons (Fsp3) is 0.450. The normalized spacial score (nSPS) is 11.1. The van der Waals surface area contributed by atoms with Crippen LogP contribution in [0.25, 0.3) is 0 Å². The first-order valence-electron chi connectivity index (χ1n) is 8.74. The van der Waals surface area contributed by atoms with Crippen LogP contribution < -0.4 is 14.8 Å². The summed E-state index contributed by atoms with van der Waals surface area (Å²) in [7, 11) is 2.94. The van der Waals surface area contributed by atoms with Crippen molar-refractivity contribution in [1.29, 1.82) is 0 Å². The van der Waals surface area contributed by atoms with Gasteiger partial charge in [-0.2, -0.15) is 0 Å². The molecule has 0 fully saturated rings. The number of carbonyl (C=O) groups is 2. The maximum Gasteiger partial charge on any atom is 0.340 e.